The smallest absolute Gasteiger partial charge is 0.277 e. The minimum atomic E-state index is -0.297. The summed E-state index contributed by atoms with van der Waals surface area (Å²) >= 11 is 0. The molecule has 4 heteroatoms. The summed E-state index contributed by atoms with van der Waals surface area (Å²) in [6.07, 6.45) is 1.64. The molecule has 0 aliphatic carbocycles. The predicted molar refractivity (Wildman–Crippen MR) is 101 cm³/mol. The lowest BCUT2D eigenvalue weighted by Gasteiger charge is -2.06. The van der Waals surface area contributed by atoms with Crippen LogP contribution in [0.2, 0.25) is 0 Å². The standard InChI is InChI=1S/C21H20N2O2/c1-15-7-8-19(16(2)11-15)13-22-23-21(24)14-25-20-10-9-17-5-3-4-6-18(17)12-20/h3-13H,14H2,1-2H3,(H,23,24)/b22-13+. The molecule has 0 bridgehead atoms. The summed E-state index contributed by atoms with van der Waals surface area (Å²) in [5.41, 5.74) is 5.77. The molecule has 0 saturated carbocycles. The minimum absolute atomic E-state index is 0.0808. The number of carbonyl (C=O) groups excluding carboxylic acids is 1. The maximum Gasteiger partial charge on any atom is 0.277 e. The summed E-state index contributed by atoms with van der Waals surface area (Å²) in [7, 11) is 0. The summed E-state index contributed by atoms with van der Waals surface area (Å²) in [4.78, 5) is 11.9. The number of aryl methyl sites for hydroxylation is 2. The van der Waals surface area contributed by atoms with E-state index in [0.29, 0.717) is 5.75 Å². The van der Waals surface area contributed by atoms with Gasteiger partial charge in [-0.1, -0.05) is 54.1 Å². The molecule has 126 valence electrons. The molecule has 0 aromatic heterocycles. The van der Waals surface area contributed by atoms with Crippen molar-refractivity contribution in [2.24, 2.45) is 5.10 Å². The molecule has 0 saturated heterocycles. The predicted octanol–water partition coefficient (Wildman–Crippen LogP) is 3.99. The number of nitrogens with zero attached hydrogens (tertiary/aromatic N) is 1. The van der Waals surface area contributed by atoms with Gasteiger partial charge in [-0.25, -0.2) is 5.43 Å². The van der Waals surface area contributed by atoms with Crippen molar-refractivity contribution in [2.75, 3.05) is 6.61 Å². The number of ether oxygens (including phenoxy) is 1. The van der Waals surface area contributed by atoms with E-state index in [4.69, 9.17) is 4.74 Å². The van der Waals surface area contributed by atoms with Crippen molar-refractivity contribution in [1.29, 1.82) is 0 Å². The van der Waals surface area contributed by atoms with Crippen molar-refractivity contribution in [3.8, 4) is 5.75 Å². The summed E-state index contributed by atoms with van der Waals surface area (Å²) in [6, 6.07) is 19.8. The molecule has 3 aromatic rings. The first-order valence-corrected chi connectivity index (χ1v) is 8.12. The largest absolute Gasteiger partial charge is 0.484 e. The quantitative estimate of drug-likeness (QED) is 0.567. The maximum absolute atomic E-state index is 11.9. The topological polar surface area (TPSA) is 50.7 Å². The van der Waals surface area contributed by atoms with Crippen LogP contribution in [0.3, 0.4) is 0 Å². The number of carbonyl (C=O) groups is 1. The van der Waals surface area contributed by atoms with Gasteiger partial charge in [0.25, 0.3) is 5.91 Å². The van der Waals surface area contributed by atoms with E-state index in [0.717, 1.165) is 21.9 Å². The Bertz CT molecular complexity index is 932. The first kappa shape index (κ1) is 16.7. The molecule has 1 N–H and O–H groups in total. The summed E-state index contributed by atoms with van der Waals surface area (Å²) < 4.78 is 5.53. The van der Waals surface area contributed by atoms with Crippen LogP contribution < -0.4 is 10.2 Å². The van der Waals surface area contributed by atoms with E-state index in [1.54, 1.807) is 6.21 Å². The van der Waals surface area contributed by atoms with Gasteiger partial charge in [-0.05, 0) is 47.9 Å². The highest BCUT2D eigenvalue weighted by Gasteiger charge is 2.03. The lowest BCUT2D eigenvalue weighted by molar-refractivity contribution is -0.123. The van der Waals surface area contributed by atoms with E-state index in [2.05, 4.69) is 16.6 Å². The van der Waals surface area contributed by atoms with Gasteiger partial charge in [-0.2, -0.15) is 5.10 Å². The van der Waals surface area contributed by atoms with Gasteiger partial charge in [0, 0.05) is 0 Å². The maximum atomic E-state index is 11.9. The molecular weight excluding hydrogens is 312 g/mol. The highest BCUT2D eigenvalue weighted by Crippen LogP contribution is 2.20. The molecular formula is C21H20N2O2. The van der Waals surface area contributed by atoms with Crippen LogP contribution in [0.15, 0.2) is 65.8 Å². The van der Waals surface area contributed by atoms with Gasteiger partial charge in [0.15, 0.2) is 6.61 Å². The molecule has 0 unspecified atom stereocenters. The molecule has 0 aliphatic rings. The normalized spacial score (nSPS) is 11.0. The van der Waals surface area contributed by atoms with Crippen molar-refractivity contribution in [3.05, 3.63) is 77.4 Å². The third kappa shape index (κ3) is 4.44. The fraction of sp³-hybridized carbons (Fsp3) is 0.143. The Kier molecular flexibility index (Phi) is 5.09. The van der Waals surface area contributed by atoms with E-state index in [1.165, 1.54) is 5.56 Å². The van der Waals surface area contributed by atoms with Crippen LogP contribution in [0.5, 0.6) is 5.75 Å². The number of hydrazone groups is 1. The van der Waals surface area contributed by atoms with Crippen molar-refractivity contribution in [1.82, 2.24) is 5.43 Å². The van der Waals surface area contributed by atoms with Gasteiger partial charge < -0.3 is 4.74 Å². The summed E-state index contributed by atoms with van der Waals surface area (Å²) in [5.74, 6) is 0.362. The Hall–Kier alpha value is -3.14. The Morgan fingerprint density at radius 1 is 1.04 bits per heavy atom. The highest BCUT2D eigenvalue weighted by atomic mass is 16.5. The first-order chi connectivity index (χ1) is 12.1. The average molecular weight is 332 g/mol. The van der Waals surface area contributed by atoms with Crippen LogP contribution in [0, 0.1) is 13.8 Å². The van der Waals surface area contributed by atoms with E-state index in [1.807, 2.05) is 68.4 Å². The number of rotatable bonds is 5. The van der Waals surface area contributed by atoms with Crippen molar-refractivity contribution in [3.63, 3.8) is 0 Å². The third-order valence-electron chi connectivity index (χ3n) is 3.91. The van der Waals surface area contributed by atoms with Crippen molar-refractivity contribution >= 4 is 22.9 Å². The Balaban J connectivity index is 1.54. The van der Waals surface area contributed by atoms with Crippen LogP contribution in [0.1, 0.15) is 16.7 Å². The van der Waals surface area contributed by atoms with Crippen LogP contribution in [-0.2, 0) is 4.79 Å². The zero-order chi connectivity index (χ0) is 17.6. The second-order valence-corrected chi connectivity index (χ2v) is 5.95. The zero-order valence-corrected chi connectivity index (χ0v) is 14.3. The van der Waals surface area contributed by atoms with Crippen LogP contribution in [0.25, 0.3) is 10.8 Å². The van der Waals surface area contributed by atoms with Crippen LogP contribution in [-0.4, -0.2) is 18.7 Å². The van der Waals surface area contributed by atoms with E-state index in [-0.39, 0.29) is 12.5 Å². The average Bonchev–Trinajstić information content (AvgIpc) is 2.61. The second kappa shape index (κ2) is 7.62. The number of fused-ring (bicyclic) bond motifs is 1. The van der Waals surface area contributed by atoms with Crippen molar-refractivity contribution < 1.29 is 9.53 Å². The molecule has 0 spiro atoms. The van der Waals surface area contributed by atoms with Crippen LogP contribution >= 0.6 is 0 Å². The van der Waals surface area contributed by atoms with E-state index < -0.39 is 0 Å². The second-order valence-electron chi connectivity index (χ2n) is 5.95. The van der Waals surface area contributed by atoms with Gasteiger partial charge in [0.1, 0.15) is 5.75 Å². The van der Waals surface area contributed by atoms with Gasteiger partial charge in [-0.3, -0.25) is 4.79 Å². The van der Waals surface area contributed by atoms with Gasteiger partial charge in [-0.15, -0.1) is 0 Å². The number of nitrogens with one attached hydrogen (secondary N) is 1. The molecule has 3 rings (SSSR count). The number of hydrogen-bond acceptors (Lipinski definition) is 3. The molecule has 0 atom stereocenters. The Labute approximate surface area is 147 Å². The molecule has 0 aliphatic heterocycles. The highest BCUT2D eigenvalue weighted by molar-refractivity contribution is 5.85. The third-order valence-corrected chi connectivity index (χ3v) is 3.91. The Morgan fingerprint density at radius 2 is 1.84 bits per heavy atom. The van der Waals surface area contributed by atoms with E-state index in [9.17, 15) is 4.79 Å². The molecule has 25 heavy (non-hydrogen) atoms. The molecule has 0 radical (unpaired) electrons. The van der Waals surface area contributed by atoms with Crippen LogP contribution in [0.4, 0.5) is 0 Å². The summed E-state index contributed by atoms with van der Waals surface area (Å²) in [5, 5.41) is 6.20. The molecule has 1 amide bonds. The molecule has 0 heterocycles. The number of hydrogen-bond donors (Lipinski definition) is 1. The Morgan fingerprint density at radius 3 is 2.64 bits per heavy atom. The van der Waals surface area contributed by atoms with Gasteiger partial charge >= 0.3 is 0 Å². The molecule has 3 aromatic carbocycles. The minimum Gasteiger partial charge on any atom is -0.484 e. The van der Waals surface area contributed by atoms with Gasteiger partial charge in [0.2, 0.25) is 0 Å². The number of amides is 1. The SMILES string of the molecule is Cc1ccc(/C=N/NC(=O)COc2ccc3ccccc3c2)c(C)c1. The lowest BCUT2D eigenvalue weighted by atomic mass is 10.1. The number of benzene rings is 3. The summed E-state index contributed by atoms with van der Waals surface area (Å²) in [6.45, 7) is 3.97. The van der Waals surface area contributed by atoms with Crippen molar-refractivity contribution in [2.45, 2.75) is 13.8 Å². The molecule has 4 nitrogen and oxygen atoms in total. The monoisotopic (exact) mass is 332 g/mol. The van der Waals surface area contributed by atoms with Gasteiger partial charge in [0.05, 0.1) is 6.21 Å². The lowest BCUT2D eigenvalue weighted by Crippen LogP contribution is -2.24. The van der Waals surface area contributed by atoms with E-state index >= 15 is 0 Å². The molecule has 0 fully saturated rings. The fourth-order valence-corrected chi connectivity index (χ4v) is 2.58. The first-order valence-electron chi connectivity index (χ1n) is 8.12. The fourth-order valence-electron chi connectivity index (χ4n) is 2.58. The zero-order valence-electron chi connectivity index (χ0n) is 14.3.